The van der Waals surface area contributed by atoms with Gasteiger partial charge in [-0.15, -0.1) is 0 Å². The molecule has 0 aromatic heterocycles. The van der Waals surface area contributed by atoms with Crippen molar-refractivity contribution in [2.24, 2.45) is 0 Å². The molecule has 0 fully saturated rings. The van der Waals surface area contributed by atoms with Gasteiger partial charge in [0.2, 0.25) is 0 Å². The van der Waals surface area contributed by atoms with Crippen molar-refractivity contribution in [2.75, 3.05) is 31.6 Å². The minimum absolute atomic E-state index is 0.0607. The first kappa shape index (κ1) is 31.0. The van der Waals surface area contributed by atoms with Crippen LogP contribution in [-0.2, 0) is 16.0 Å². The van der Waals surface area contributed by atoms with E-state index in [4.69, 9.17) is 0 Å². The van der Waals surface area contributed by atoms with Crippen LogP contribution in [0.2, 0.25) is 0 Å². The highest BCUT2D eigenvalue weighted by atomic mass is 19.4. The molecule has 10 heteroatoms. The number of allylic oxidation sites excluding steroid dienone is 2. The first-order valence-corrected chi connectivity index (χ1v) is 12.2. The van der Waals surface area contributed by atoms with Crippen LogP contribution in [0.15, 0.2) is 18.2 Å². The molecule has 0 unspecified atom stereocenters. The van der Waals surface area contributed by atoms with E-state index in [0.29, 0.717) is 62.5 Å². The molecule has 1 aromatic rings. The van der Waals surface area contributed by atoms with E-state index >= 15 is 0 Å². The second kappa shape index (κ2) is 13.9. The maximum absolute atomic E-state index is 13.5. The number of nitrogens with one attached hydrogen (secondary N) is 1. The molecule has 0 aliphatic carbocycles. The molecule has 0 bridgehead atoms. The van der Waals surface area contributed by atoms with Crippen molar-refractivity contribution >= 4 is 29.9 Å². The summed E-state index contributed by atoms with van der Waals surface area (Å²) in [7, 11) is 1.53. The number of phenols is 1. The Hall–Kier alpha value is -3.04. The lowest BCUT2D eigenvalue weighted by Gasteiger charge is -2.31. The van der Waals surface area contributed by atoms with Crippen LogP contribution in [0.1, 0.15) is 64.5 Å². The van der Waals surface area contributed by atoms with Gasteiger partial charge >= 0.3 is 12.2 Å². The van der Waals surface area contributed by atoms with Crippen LogP contribution in [0.3, 0.4) is 0 Å². The number of aromatic hydroxyl groups is 1. The van der Waals surface area contributed by atoms with Crippen molar-refractivity contribution in [1.29, 1.82) is 0 Å². The topological polar surface area (TPSA) is 90.0 Å². The number of anilines is 1. The van der Waals surface area contributed by atoms with E-state index < -0.39 is 28.6 Å². The number of unbranched alkanes of at least 4 members (excludes halogenated alkanes) is 1. The third-order valence-electron chi connectivity index (χ3n) is 6.05. The third kappa shape index (κ3) is 8.27. The lowest BCUT2D eigenvalue weighted by atomic mass is 9.96. The van der Waals surface area contributed by atoms with Crippen molar-refractivity contribution < 1.29 is 32.7 Å². The molecular formula is C26H38F3N3O4. The van der Waals surface area contributed by atoms with Gasteiger partial charge in [-0.2, -0.15) is 13.2 Å². The maximum atomic E-state index is 13.5. The Morgan fingerprint density at radius 2 is 1.72 bits per heavy atom. The summed E-state index contributed by atoms with van der Waals surface area (Å²) in [6, 6.07) is 2.37. The Morgan fingerprint density at radius 1 is 1.08 bits per heavy atom. The Morgan fingerprint density at radius 3 is 2.25 bits per heavy atom. The van der Waals surface area contributed by atoms with Gasteiger partial charge < -0.3 is 25.0 Å². The van der Waals surface area contributed by atoms with Gasteiger partial charge in [0.25, 0.3) is 0 Å². The van der Waals surface area contributed by atoms with E-state index in [9.17, 15) is 32.7 Å². The van der Waals surface area contributed by atoms with Crippen LogP contribution in [0, 0.1) is 0 Å². The zero-order chi connectivity index (χ0) is 27.5. The SMILES string of the molecule is CCCCN(CCCNC(=O)N(C)C(C)(C)C=O)c1ccc(/C(=C\C=O)C(F)(F)F)c(O)c1CCC. The average Bonchev–Trinajstić information content (AvgIpc) is 2.82. The molecule has 0 aliphatic heterocycles. The quantitative estimate of drug-likeness (QED) is 0.205. The number of alkyl halides is 3. The number of hydrogen-bond acceptors (Lipinski definition) is 5. The highest BCUT2D eigenvalue weighted by Gasteiger charge is 2.37. The number of urea groups is 1. The second-order valence-electron chi connectivity index (χ2n) is 9.18. The molecule has 0 heterocycles. The molecule has 0 saturated carbocycles. The first-order valence-electron chi connectivity index (χ1n) is 12.2. The number of rotatable bonds is 14. The standard InChI is InChI=1S/C26H38F3N3O4/c1-6-8-15-32(16-9-14-30-24(36)31(5)25(3,4)18-34)22-12-11-19(23(35)20(22)10-7-2)21(13-17-33)26(27,28)29/h11-13,17-18,35H,6-10,14-16H2,1-5H3,(H,30,36)/b21-13+. The van der Waals surface area contributed by atoms with Gasteiger partial charge in [0.15, 0.2) is 0 Å². The summed E-state index contributed by atoms with van der Waals surface area (Å²) in [4.78, 5) is 37.7. The van der Waals surface area contributed by atoms with Crippen molar-refractivity contribution in [1.82, 2.24) is 10.2 Å². The smallest absolute Gasteiger partial charge is 0.417 e. The normalized spacial score (nSPS) is 12.3. The number of halogens is 3. The van der Waals surface area contributed by atoms with Crippen molar-refractivity contribution in [3.63, 3.8) is 0 Å². The highest BCUT2D eigenvalue weighted by Crippen LogP contribution is 2.42. The van der Waals surface area contributed by atoms with Gasteiger partial charge in [0.1, 0.15) is 18.3 Å². The van der Waals surface area contributed by atoms with Crippen LogP contribution < -0.4 is 10.2 Å². The molecule has 1 rings (SSSR count). The molecule has 0 radical (unpaired) electrons. The largest absolute Gasteiger partial charge is 0.507 e. The van der Waals surface area contributed by atoms with Crippen LogP contribution in [0.4, 0.5) is 23.7 Å². The summed E-state index contributed by atoms with van der Waals surface area (Å²) in [6.45, 7) is 8.59. The van der Waals surface area contributed by atoms with E-state index in [1.807, 2.05) is 18.7 Å². The van der Waals surface area contributed by atoms with E-state index in [-0.39, 0.29) is 12.3 Å². The third-order valence-corrected chi connectivity index (χ3v) is 6.05. The zero-order valence-electron chi connectivity index (χ0n) is 21.7. The molecule has 0 atom stereocenters. The Bertz CT molecular complexity index is 930. The number of aldehydes is 2. The molecule has 0 spiro atoms. The van der Waals surface area contributed by atoms with E-state index in [0.717, 1.165) is 12.8 Å². The number of nitrogens with zero attached hydrogens (tertiary/aromatic N) is 2. The van der Waals surface area contributed by atoms with Gasteiger partial charge in [0, 0.05) is 43.5 Å². The molecule has 2 N–H and O–H groups in total. The average molecular weight is 514 g/mol. The number of carbonyl (C=O) groups excluding carboxylic acids is 3. The van der Waals surface area contributed by atoms with Crippen molar-refractivity contribution in [3.8, 4) is 5.75 Å². The summed E-state index contributed by atoms with van der Waals surface area (Å²) >= 11 is 0. The summed E-state index contributed by atoms with van der Waals surface area (Å²) in [5, 5.41) is 13.6. The fraction of sp³-hybridized carbons (Fsp3) is 0.577. The molecule has 36 heavy (non-hydrogen) atoms. The van der Waals surface area contributed by atoms with Gasteiger partial charge in [-0.05, 0) is 51.3 Å². The predicted molar refractivity (Wildman–Crippen MR) is 135 cm³/mol. The second-order valence-corrected chi connectivity index (χ2v) is 9.18. The monoisotopic (exact) mass is 513 g/mol. The summed E-state index contributed by atoms with van der Waals surface area (Å²) in [6.07, 6.45) is -0.408. The van der Waals surface area contributed by atoms with Gasteiger partial charge in [-0.25, -0.2) is 4.79 Å². The first-order chi connectivity index (χ1) is 16.8. The summed E-state index contributed by atoms with van der Waals surface area (Å²) in [5.74, 6) is -0.479. The molecule has 0 saturated heterocycles. The number of carbonyl (C=O) groups is 3. The van der Waals surface area contributed by atoms with Gasteiger partial charge in [-0.1, -0.05) is 26.7 Å². The Kier molecular flexibility index (Phi) is 12.0. The van der Waals surface area contributed by atoms with Gasteiger partial charge in [-0.3, -0.25) is 4.79 Å². The fourth-order valence-corrected chi connectivity index (χ4v) is 3.67. The number of phenolic OH excluding ortho intramolecular Hbond substituents is 1. The van der Waals surface area contributed by atoms with E-state index in [1.54, 1.807) is 19.9 Å². The van der Waals surface area contributed by atoms with Crippen LogP contribution in [-0.4, -0.2) is 67.0 Å². The summed E-state index contributed by atoms with van der Waals surface area (Å²) in [5.41, 5.74) is -1.54. The molecule has 2 amide bonds. The lowest BCUT2D eigenvalue weighted by molar-refractivity contribution is -0.115. The molecular weight excluding hydrogens is 475 g/mol. The van der Waals surface area contributed by atoms with Gasteiger partial charge in [0.05, 0.1) is 11.1 Å². The summed E-state index contributed by atoms with van der Waals surface area (Å²) < 4.78 is 40.6. The maximum Gasteiger partial charge on any atom is 0.417 e. The van der Waals surface area contributed by atoms with E-state index in [1.165, 1.54) is 18.0 Å². The molecule has 7 nitrogen and oxygen atoms in total. The van der Waals surface area contributed by atoms with Crippen LogP contribution in [0.5, 0.6) is 5.75 Å². The van der Waals surface area contributed by atoms with Crippen molar-refractivity contribution in [3.05, 3.63) is 29.3 Å². The molecule has 202 valence electrons. The van der Waals surface area contributed by atoms with Crippen LogP contribution >= 0.6 is 0 Å². The number of amides is 2. The number of hydrogen-bond donors (Lipinski definition) is 2. The highest BCUT2D eigenvalue weighted by molar-refractivity contribution is 5.87. The molecule has 1 aromatic carbocycles. The Balaban J connectivity index is 3.20. The lowest BCUT2D eigenvalue weighted by Crippen LogP contribution is -2.50. The fourth-order valence-electron chi connectivity index (χ4n) is 3.67. The Labute approximate surface area is 211 Å². The minimum atomic E-state index is -4.80. The number of benzene rings is 1. The van der Waals surface area contributed by atoms with Crippen LogP contribution in [0.25, 0.3) is 5.57 Å². The zero-order valence-corrected chi connectivity index (χ0v) is 21.7. The minimum Gasteiger partial charge on any atom is -0.507 e. The number of likely N-dealkylation sites (N-methyl/N-ethyl adjacent to an activating group) is 1. The van der Waals surface area contributed by atoms with Crippen molar-refractivity contribution in [2.45, 2.75) is 71.5 Å². The molecule has 0 aliphatic rings. The van der Waals surface area contributed by atoms with E-state index in [2.05, 4.69) is 5.32 Å². The predicted octanol–water partition coefficient (Wildman–Crippen LogP) is 5.10.